The van der Waals surface area contributed by atoms with Gasteiger partial charge in [0.2, 0.25) is 5.91 Å². The van der Waals surface area contributed by atoms with E-state index >= 15 is 0 Å². The topological polar surface area (TPSA) is 23.6 Å². The van der Waals surface area contributed by atoms with Crippen LogP contribution in [0.25, 0.3) is 0 Å². The van der Waals surface area contributed by atoms with Gasteiger partial charge in [0, 0.05) is 38.1 Å². The van der Waals surface area contributed by atoms with Gasteiger partial charge in [-0.3, -0.25) is 9.69 Å². The summed E-state index contributed by atoms with van der Waals surface area (Å²) < 4.78 is 39.5. The molecule has 0 N–H and O–H groups in total. The lowest BCUT2D eigenvalue weighted by atomic mass is 9.79. The first-order valence-electron chi connectivity index (χ1n) is 10.0. The van der Waals surface area contributed by atoms with Crippen LogP contribution in [0.1, 0.15) is 44.2 Å². The van der Waals surface area contributed by atoms with Gasteiger partial charge >= 0.3 is 6.18 Å². The minimum atomic E-state index is -4.44. The summed E-state index contributed by atoms with van der Waals surface area (Å²) >= 11 is 5.75. The molecule has 4 rings (SSSR count). The van der Waals surface area contributed by atoms with Crippen LogP contribution in [0.3, 0.4) is 0 Å². The summed E-state index contributed by atoms with van der Waals surface area (Å²) in [5.41, 5.74) is -0.131. The Bertz CT molecular complexity index is 767. The van der Waals surface area contributed by atoms with Crippen LogP contribution in [0.2, 0.25) is 5.02 Å². The molecule has 0 saturated carbocycles. The van der Waals surface area contributed by atoms with Crippen LogP contribution in [0, 0.1) is 17.8 Å². The van der Waals surface area contributed by atoms with E-state index in [1.807, 2.05) is 0 Å². The van der Waals surface area contributed by atoms with Crippen molar-refractivity contribution in [2.24, 2.45) is 17.8 Å². The van der Waals surface area contributed by atoms with E-state index in [4.69, 9.17) is 11.6 Å². The lowest BCUT2D eigenvalue weighted by molar-refractivity contribution is -0.142. The Balaban J connectivity index is 1.53. The lowest BCUT2D eigenvalue weighted by Gasteiger charge is -2.47. The van der Waals surface area contributed by atoms with Crippen LogP contribution in [-0.2, 0) is 17.5 Å². The molecule has 0 aliphatic carbocycles. The first kappa shape index (κ1) is 20.0. The highest BCUT2D eigenvalue weighted by molar-refractivity contribution is 6.31. The minimum Gasteiger partial charge on any atom is -0.336 e. The normalized spacial score (nSPS) is 30.8. The zero-order valence-corrected chi connectivity index (χ0v) is 16.9. The third kappa shape index (κ3) is 3.54. The van der Waals surface area contributed by atoms with Crippen LogP contribution in [-0.4, -0.2) is 40.9 Å². The molecule has 3 heterocycles. The van der Waals surface area contributed by atoms with Crippen molar-refractivity contribution < 1.29 is 18.0 Å². The van der Waals surface area contributed by atoms with Gasteiger partial charge in [0.05, 0.1) is 10.6 Å². The van der Waals surface area contributed by atoms with Crippen molar-refractivity contribution in [3.05, 3.63) is 34.3 Å². The van der Waals surface area contributed by atoms with E-state index in [9.17, 15) is 18.0 Å². The number of alkyl halides is 3. The van der Waals surface area contributed by atoms with Crippen LogP contribution < -0.4 is 0 Å². The van der Waals surface area contributed by atoms with Crippen LogP contribution in [0.4, 0.5) is 13.2 Å². The number of halogens is 4. The number of carbonyl (C=O) groups is 1. The van der Waals surface area contributed by atoms with Crippen LogP contribution in [0.5, 0.6) is 0 Å². The number of amides is 1. The number of hydrogen-bond donors (Lipinski definition) is 0. The van der Waals surface area contributed by atoms with E-state index in [2.05, 4.69) is 23.6 Å². The Morgan fingerprint density at radius 1 is 1.21 bits per heavy atom. The second-order valence-electron chi connectivity index (χ2n) is 8.90. The molecule has 1 aromatic rings. The largest absolute Gasteiger partial charge is 0.417 e. The van der Waals surface area contributed by atoms with Gasteiger partial charge in [0.15, 0.2) is 0 Å². The molecule has 0 spiro atoms. The van der Waals surface area contributed by atoms with E-state index < -0.39 is 11.7 Å². The molecule has 3 aliphatic heterocycles. The van der Waals surface area contributed by atoms with Crippen LogP contribution in [0.15, 0.2) is 18.2 Å². The summed E-state index contributed by atoms with van der Waals surface area (Å²) in [5, 5.41) is -0.257. The van der Waals surface area contributed by atoms with E-state index in [-0.39, 0.29) is 17.0 Å². The molecule has 3 aliphatic rings. The van der Waals surface area contributed by atoms with Crippen molar-refractivity contribution in [1.29, 1.82) is 0 Å². The molecule has 154 valence electrons. The van der Waals surface area contributed by atoms with Crippen molar-refractivity contribution in [3.8, 4) is 0 Å². The molecule has 0 bridgehead atoms. The summed E-state index contributed by atoms with van der Waals surface area (Å²) in [6, 6.07) is 4.80. The molecule has 4 atom stereocenters. The summed E-state index contributed by atoms with van der Waals surface area (Å²) in [6.45, 7) is 6.49. The zero-order chi connectivity index (χ0) is 20.2. The fraction of sp³-hybridized carbons (Fsp3) is 0.667. The van der Waals surface area contributed by atoms with Gasteiger partial charge in [0.25, 0.3) is 0 Å². The molecular weight excluding hydrogens is 389 g/mol. The summed E-state index contributed by atoms with van der Waals surface area (Å²) in [4.78, 5) is 17.0. The van der Waals surface area contributed by atoms with Crippen molar-refractivity contribution in [2.45, 2.75) is 57.9 Å². The number of rotatable bonds is 3. The Morgan fingerprint density at radius 2 is 1.93 bits per heavy atom. The molecule has 28 heavy (non-hydrogen) atoms. The quantitative estimate of drug-likeness (QED) is 0.707. The third-order valence-electron chi connectivity index (χ3n) is 6.70. The first-order valence-corrected chi connectivity index (χ1v) is 10.4. The van der Waals surface area contributed by atoms with E-state index in [0.29, 0.717) is 42.3 Å². The van der Waals surface area contributed by atoms with Gasteiger partial charge in [-0.15, -0.1) is 0 Å². The van der Waals surface area contributed by atoms with E-state index in [1.165, 1.54) is 12.1 Å². The maximum Gasteiger partial charge on any atom is 0.417 e. The highest BCUT2D eigenvalue weighted by Gasteiger charge is 2.52. The van der Waals surface area contributed by atoms with E-state index in [1.54, 1.807) is 6.07 Å². The van der Waals surface area contributed by atoms with E-state index in [0.717, 1.165) is 25.9 Å². The van der Waals surface area contributed by atoms with Gasteiger partial charge in [-0.05, 0) is 48.3 Å². The maximum atomic E-state index is 13.2. The standard InChI is InChI=1S/C21H26ClF3N2O/c1-12(2)18-8-15-11-26(10-14-4-6-19(28)27(18)20(14)15)9-13-3-5-17(22)16(7-13)21(23,24)25/h3,5,7,12,14-15,18,20H,4,6,8-11H2,1-2H3/t14-,15?,18-,20?/m1/s1. The molecule has 3 fully saturated rings. The smallest absolute Gasteiger partial charge is 0.336 e. The number of hydrogen-bond acceptors (Lipinski definition) is 2. The molecule has 0 radical (unpaired) electrons. The van der Waals surface area contributed by atoms with Gasteiger partial charge in [0.1, 0.15) is 0 Å². The third-order valence-corrected chi connectivity index (χ3v) is 7.03. The molecule has 0 aromatic heterocycles. The predicted octanol–water partition coefficient (Wildman–Crippen LogP) is 4.83. The molecule has 7 heteroatoms. The lowest BCUT2D eigenvalue weighted by Crippen LogP contribution is -2.57. The second kappa shape index (κ2) is 7.21. The minimum absolute atomic E-state index is 0.257. The summed E-state index contributed by atoms with van der Waals surface area (Å²) in [5.74, 6) is 1.52. The Kier molecular flexibility index (Phi) is 5.15. The highest BCUT2D eigenvalue weighted by Crippen LogP contribution is 2.45. The first-order chi connectivity index (χ1) is 13.1. The number of benzene rings is 1. The maximum absolute atomic E-state index is 13.2. The second-order valence-corrected chi connectivity index (χ2v) is 9.31. The van der Waals surface area contributed by atoms with Gasteiger partial charge in [-0.25, -0.2) is 0 Å². The average molecular weight is 415 g/mol. The monoisotopic (exact) mass is 414 g/mol. The van der Waals surface area contributed by atoms with Gasteiger partial charge < -0.3 is 4.90 Å². The van der Waals surface area contributed by atoms with Crippen molar-refractivity contribution in [1.82, 2.24) is 9.80 Å². The molecule has 3 nitrogen and oxygen atoms in total. The van der Waals surface area contributed by atoms with Crippen molar-refractivity contribution in [2.75, 3.05) is 13.1 Å². The summed E-state index contributed by atoms with van der Waals surface area (Å²) in [7, 11) is 0. The zero-order valence-electron chi connectivity index (χ0n) is 16.2. The molecular formula is C21H26ClF3N2O. The highest BCUT2D eigenvalue weighted by atomic mass is 35.5. The fourth-order valence-electron chi connectivity index (χ4n) is 5.57. The van der Waals surface area contributed by atoms with Gasteiger partial charge in [-0.1, -0.05) is 31.5 Å². The van der Waals surface area contributed by atoms with Crippen LogP contribution >= 0.6 is 11.6 Å². The molecule has 2 unspecified atom stereocenters. The Labute approximate surface area is 168 Å². The molecule has 1 aromatic carbocycles. The number of carbonyl (C=O) groups excluding carboxylic acids is 1. The Hall–Kier alpha value is -1.27. The number of nitrogens with zero attached hydrogens (tertiary/aromatic N) is 2. The van der Waals surface area contributed by atoms with Gasteiger partial charge in [-0.2, -0.15) is 13.2 Å². The SMILES string of the molecule is CC(C)[C@H]1CC2CN(Cc3ccc(Cl)c(C(F)(F)F)c3)C[C@H]3CCC(=O)N1C23. The molecule has 3 saturated heterocycles. The number of piperidine rings is 2. The van der Waals surface area contributed by atoms with Crippen molar-refractivity contribution in [3.63, 3.8) is 0 Å². The number of likely N-dealkylation sites (tertiary alicyclic amines) is 1. The predicted molar refractivity (Wildman–Crippen MR) is 102 cm³/mol. The summed E-state index contributed by atoms with van der Waals surface area (Å²) in [6.07, 6.45) is -1.98. The van der Waals surface area contributed by atoms with Crippen molar-refractivity contribution >= 4 is 17.5 Å². The fourth-order valence-corrected chi connectivity index (χ4v) is 5.80. The average Bonchev–Trinajstić information content (AvgIpc) is 3.00. The molecule has 1 amide bonds. The Morgan fingerprint density at radius 3 is 2.61 bits per heavy atom.